The lowest BCUT2D eigenvalue weighted by atomic mass is 10.1. The molecule has 0 unspecified atom stereocenters. The van der Waals surface area contributed by atoms with Gasteiger partial charge in [-0.2, -0.15) is 0 Å². The summed E-state index contributed by atoms with van der Waals surface area (Å²) in [7, 11) is -2.85. The topological polar surface area (TPSA) is 60.4 Å². The fourth-order valence-corrected chi connectivity index (χ4v) is 2.72. The molecular formula is C11H12O4S. The number of ketones is 1. The van der Waals surface area contributed by atoms with Crippen LogP contribution in [0, 0.1) is 0 Å². The van der Waals surface area contributed by atoms with Crippen LogP contribution in [-0.2, 0) is 9.84 Å². The number of carbonyl (C=O) groups is 1. The molecule has 0 atom stereocenters. The zero-order valence-corrected chi connectivity index (χ0v) is 9.66. The fraction of sp³-hybridized carbons (Fsp3) is 0.364. The van der Waals surface area contributed by atoms with Crippen LogP contribution >= 0.6 is 0 Å². The molecule has 2 rings (SSSR count). The number of hydrogen-bond donors (Lipinski definition) is 0. The molecule has 5 heteroatoms. The molecular weight excluding hydrogens is 228 g/mol. The van der Waals surface area contributed by atoms with Crippen LogP contribution in [0.25, 0.3) is 0 Å². The molecule has 4 nitrogen and oxygen atoms in total. The third-order valence-corrected chi connectivity index (χ3v) is 4.20. The third kappa shape index (κ3) is 2.41. The van der Waals surface area contributed by atoms with E-state index in [0.717, 1.165) is 0 Å². The van der Waals surface area contributed by atoms with Crippen molar-refractivity contribution in [2.75, 3.05) is 11.5 Å². The molecule has 1 heterocycles. The van der Waals surface area contributed by atoms with E-state index in [1.807, 2.05) is 0 Å². The maximum Gasteiger partial charge on any atom is 0.159 e. The van der Waals surface area contributed by atoms with E-state index in [0.29, 0.717) is 11.3 Å². The van der Waals surface area contributed by atoms with Gasteiger partial charge < -0.3 is 4.74 Å². The van der Waals surface area contributed by atoms with Gasteiger partial charge >= 0.3 is 0 Å². The van der Waals surface area contributed by atoms with E-state index in [9.17, 15) is 13.2 Å². The van der Waals surface area contributed by atoms with Gasteiger partial charge in [-0.3, -0.25) is 4.79 Å². The Morgan fingerprint density at radius 3 is 2.25 bits per heavy atom. The van der Waals surface area contributed by atoms with Gasteiger partial charge in [0.2, 0.25) is 0 Å². The second-order valence-corrected chi connectivity index (χ2v) is 6.05. The van der Waals surface area contributed by atoms with Crippen molar-refractivity contribution in [3.8, 4) is 5.75 Å². The Kier molecular flexibility index (Phi) is 2.71. The van der Waals surface area contributed by atoms with Crippen molar-refractivity contribution in [2.24, 2.45) is 0 Å². The smallest absolute Gasteiger partial charge is 0.159 e. The van der Waals surface area contributed by atoms with Crippen LogP contribution in [-0.4, -0.2) is 31.8 Å². The maximum absolute atomic E-state index is 11.0. The van der Waals surface area contributed by atoms with Gasteiger partial charge in [-0.25, -0.2) is 8.42 Å². The summed E-state index contributed by atoms with van der Waals surface area (Å²) in [6.45, 7) is 1.49. The molecule has 0 aliphatic carbocycles. The van der Waals surface area contributed by atoms with Crippen molar-refractivity contribution < 1.29 is 17.9 Å². The third-order valence-electron chi connectivity index (χ3n) is 2.44. The van der Waals surface area contributed by atoms with Gasteiger partial charge in [0, 0.05) is 5.56 Å². The first-order valence-corrected chi connectivity index (χ1v) is 6.76. The minimum atomic E-state index is -2.85. The molecule has 1 saturated heterocycles. The number of benzene rings is 1. The predicted molar refractivity (Wildman–Crippen MR) is 59.5 cm³/mol. The fourth-order valence-electron chi connectivity index (χ4n) is 1.55. The molecule has 1 aromatic rings. The Morgan fingerprint density at radius 2 is 1.81 bits per heavy atom. The monoisotopic (exact) mass is 240 g/mol. The molecule has 0 aromatic heterocycles. The zero-order chi connectivity index (χ0) is 11.8. The molecule has 0 bridgehead atoms. The van der Waals surface area contributed by atoms with E-state index in [4.69, 9.17) is 4.74 Å². The molecule has 86 valence electrons. The zero-order valence-electron chi connectivity index (χ0n) is 8.84. The number of rotatable bonds is 3. The van der Waals surface area contributed by atoms with Crippen molar-refractivity contribution in [2.45, 2.75) is 13.0 Å². The molecule has 16 heavy (non-hydrogen) atoms. The molecule has 0 spiro atoms. The minimum absolute atomic E-state index is 0.00206. The van der Waals surface area contributed by atoms with Crippen LogP contribution in [0.5, 0.6) is 5.75 Å². The number of sulfone groups is 1. The highest BCUT2D eigenvalue weighted by Crippen LogP contribution is 2.20. The molecule has 0 N–H and O–H groups in total. The average Bonchev–Trinajstić information content (AvgIpc) is 2.15. The summed E-state index contributed by atoms with van der Waals surface area (Å²) in [5.41, 5.74) is 0.619. The highest BCUT2D eigenvalue weighted by molar-refractivity contribution is 7.92. The lowest BCUT2D eigenvalue weighted by Gasteiger charge is -2.26. The van der Waals surface area contributed by atoms with E-state index < -0.39 is 9.84 Å². The quantitative estimate of drug-likeness (QED) is 0.741. The molecule has 0 amide bonds. The Labute approximate surface area is 94.2 Å². The van der Waals surface area contributed by atoms with Crippen molar-refractivity contribution in [3.63, 3.8) is 0 Å². The highest BCUT2D eigenvalue weighted by Gasteiger charge is 2.35. The van der Waals surface area contributed by atoms with Crippen molar-refractivity contribution in [1.29, 1.82) is 0 Å². The van der Waals surface area contributed by atoms with Crippen molar-refractivity contribution in [3.05, 3.63) is 29.8 Å². The maximum atomic E-state index is 11.0. The summed E-state index contributed by atoms with van der Waals surface area (Å²) in [4.78, 5) is 11.0. The van der Waals surface area contributed by atoms with Crippen LogP contribution < -0.4 is 4.74 Å². The van der Waals surface area contributed by atoms with Gasteiger partial charge in [0.1, 0.15) is 11.9 Å². The molecule has 0 radical (unpaired) electrons. The first kappa shape index (κ1) is 11.1. The molecule has 1 aromatic carbocycles. The normalized spacial score (nSPS) is 18.8. The Hall–Kier alpha value is -1.36. The first-order valence-electron chi connectivity index (χ1n) is 4.94. The van der Waals surface area contributed by atoms with E-state index in [1.165, 1.54) is 6.92 Å². The van der Waals surface area contributed by atoms with Gasteiger partial charge in [-0.05, 0) is 31.2 Å². The van der Waals surface area contributed by atoms with E-state index in [2.05, 4.69) is 0 Å². The number of carbonyl (C=O) groups excluding carboxylic acids is 1. The summed E-state index contributed by atoms with van der Waals surface area (Å²) >= 11 is 0. The van der Waals surface area contributed by atoms with Crippen molar-refractivity contribution in [1.82, 2.24) is 0 Å². The van der Waals surface area contributed by atoms with Crippen LogP contribution in [0.4, 0.5) is 0 Å². The van der Waals surface area contributed by atoms with Gasteiger partial charge in [-0.1, -0.05) is 0 Å². The van der Waals surface area contributed by atoms with Gasteiger partial charge in [0.05, 0.1) is 11.5 Å². The van der Waals surface area contributed by atoms with Crippen LogP contribution in [0.3, 0.4) is 0 Å². The SMILES string of the molecule is CC(=O)c1ccc(OC2CS(=O)(=O)C2)cc1. The van der Waals surface area contributed by atoms with E-state index in [-0.39, 0.29) is 23.4 Å². The Bertz CT molecular complexity index is 489. The summed E-state index contributed by atoms with van der Waals surface area (Å²) < 4.78 is 27.2. The molecule has 1 fully saturated rings. The van der Waals surface area contributed by atoms with E-state index >= 15 is 0 Å². The lowest BCUT2D eigenvalue weighted by molar-refractivity contribution is 0.101. The number of Topliss-reactive ketones (excluding diaryl/α,β-unsaturated/α-hetero) is 1. The molecule has 1 aliphatic rings. The number of hydrogen-bond acceptors (Lipinski definition) is 4. The van der Waals surface area contributed by atoms with Gasteiger partial charge in [-0.15, -0.1) is 0 Å². The molecule has 1 aliphatic heterocycles. The summed E-state index contributed by atoms with van der Waals surface area (Å²) in [5, 5.41) is 0. The largest absolute Gasteiger partial charge is 0.488 e. The summed E-state index contributed by atoms with van der Waals surface area (Å²) in [6, 6.07) is 6.71. The molecule has 0 saturated carbocycles. The second-order valence-electron chi connectivity index (χ2n) is 3.90. The summed E-state index contributed by atoms with van der Waals surface area (Å²) in [5.74, 6) is 0.769. The van der Waals surface area contributed by atoms with Crippen molar-refractivity contribution >= 4 is 15.6 Å². The average molecular weight is 240 g/mol. The summed E-state index contributed by atoms with van der Waals surface area (Å²) in [6.07, 6.45) is -0.242. The number of ether oxygens (including phenoxy) is 1. The van der Waals surface area contributed by atoms with Gasteiger partial charge in [0.15, 0.2) is 15.6 Å². The minimum Gasteiger partial charge on any atom is -0.488 e. The first-order chi connectivity index (χ1) is 7.46. The van der Waals surface area contributed by atoms with Crippen LogP contribution in [0.2, 0.25) is 0 Å². The Balaban J connectivity index is 1.99. The Morgan fingerprint density at radius 1 is 1.25 bits per heavy atom. The highest BCUT2D eigenvalue weighted by atomic mass is 32.2. The standard InChI is InChI=1S/C11H12O4S/c1-8(12)9-2-4-10(5-3-9)15-11-6-16(13,14)7-11/h2-5,11H,6-7H2,1H3. The predicted octanol–water partition coefficient (Wildman–Crippen LogP) is 1.06. The van der Waals surface area contributed by atoms with E-state index in [1.54, 1.807) is 24.3 Å². The lowest BCUT2D eigenvalue weighted by Crippen LogP contribution is -2.45. The van der Waals surface area contributed by atoms with Crippen LogP contribution in [0.1, 0.15) is 17.3 Å². The second kappa shape index (κ2) is 3.90. The van der Waals surface area contributed by atoms with Gasteiger partial charge in [0.25, 0.3) is 0 Å². The van der Waals surface area contributed by atoms with Crippen LogP contribution in [0.15, 0.2) is 24.3 Å².